The standard InChI is InChI=1S/C15H27N3O3/c1-6-8-9-12-16-15(3,14(20)18(12)7-2)11-17(4)13(19)10-21-5/h6-11H2,1-5H3. The fourth-order valence-corrected chi connectivity index (χ4v) is 2.54. The largest absolute Gasteiger partial charge is 0.375 e. The Kier molecular flexibility index (Phi) is 6.33. The highest BCUT2D eigenvalue weighted by molar-refractivity contribution is 6.08. The molecule has 0 spiro atoms. The smallest absolute Gasteiger partial charge is 0.257 e. The number of rotatable bonds is 8. The van der Waals surface area contributed by atoms with Crippen molar-refractivity contribution in [2.24, 2.45) is 4.99 Å². The lowest BCUT2D eigenvalue weighted by atomic mass is 10.0. The molecule has 1 heterocycles. The molecule has 0 aromatic heterocycles. The van der Waals surface area contributed by atoms with Gasteiger partial charge in [-0.1, -0.05) is 13.3 Å². The molecule has 0 radical (unpaired) electrons. The lowest BCUT2D eigenvalue weighted by Gasteiger charge is -2.27. The van der Waals surface area contributed by atoms with Crippen molar-refractivity contribution in [1.29, 1.82) is 0 Å². The first-order valence-electron chi connectivity index (χ1n) is 7.53. The average Bonchev–Trinajstić information content (AvgIpc) is 2.68. The van der Waals surface area contributed by atoms with E-state index in [4.69, 9.17) is 4.74 Å². The van der Waals surface area contributed by atoms with Crippen LogP contribution in [0.3, 0.4) is 0 Å². The van der Waals surface area contributed by atoms with Crippen LogP contribution in [0.1, 0.15) is 40.0 Å². The van der Waals surface area contributed by atoms with Gasteiger partial charge in [-0.25, -0.2) is 0 Å². The number of unbranched alkanes of at least 4 members (excludes halogenated alkanes) is 1. The number of aliphatic imine (C=N–C) groups is 1. The number of methoxy groups -OCH3 is 1. The van der Waals surface area contributed by atoms with Crippen LogP contribution >= 0.6 is 0 Å². The molecule has 6 heteroatoms. The summed E-state index contributed by atoms with van der Waals surface area (Å²) in [5.41, 5.74) is -0.878. The van der Waals surface area contributed by atoms with Crippen molar-refractivity contribution in [3.05, 3.63) is 0 Å². The second kappa shape index (κ2) is 7.54. The predicted molar refractivity (Wildman–Crippen MR) is 82.3 cm³/mol. The lowest BCUT2D eigenvalue weighted by Crippen LogP contribution is -2.49. The molecule has 0 saturated heterocycles. The third-order valence-corrected chi connectivity index (χ3v) is 3.70. The molecule has 0 aliphatic carbocycles. The van der Waals surface area contributed by atoms with Crippen molar-refractivity contribution in [1.82, 2.24) is 9.80 Å². The summed E-state index contributed by atoms with van der Waals surface area (Å²) in [6.45, 7) is 6.78. The first-order chi connectivity index (χ1) is 9.89. The van der Waals surface area contributed by atoms with Crippen LogP contribution in [0, 0.1) is 0 Å². The summed E-state index contributed by atoms with van der Waals surface area (Å²) >= 11 is 0. The second-order valence-corrected chi connectivity index (χ2v) is 5.64. The Balaban J connectivity index is 2.85. The maximum absolute atomic E-state index is 12.6. The van der Waals surface area contributed by atoms with Crippen molar-refractivity contribution < 1.29 is 14.3 Å². The number of likely N-dealkylation sites (N-methyl/N-ethyl adjacent to an activating group) is 2. The SMILES string of the molecule is CCCCC1=NC(C)(CN(C)C(=O)COC)C(=O)N1CC. The van der Waals surface area contributed by atoms with E-state index >= 15 is 0 Å². The quantitative estimate of drug-likeness (QED) is 0.678. The van der Waals surface area contributed by atoms with Gasteiger partial charge in [0.25, 0.3) is 5.91 Å². The van der Waals surface area contributed by atoms with E-state index in [0.29, 0.717) is 6.54 Å². The van der Waals surface area contributed by atoms with Gasteiger partial charge >= 0.3 is 0 Å². The number of nitrogens with zero attached hydrogens (tertiary/aromatic N) is 3. The number of amidine groups is 1. The molecule has 0 N–H and O–H groups in total. The third kappa shape index (κ3) is 4.03. The van der Waals surface area contributed by atoms with Crippen LogP contribution in [-0.2, 0) is 14.3 Å². The van der Waals surface area contributed by atoms with Gasteiger partial charge in [0.05, 0.1) is 6.54 Å². The van der Waals surface area contributed by atoms with Crippen LogP contribution < -0.4 is 0 Å². The number of hydrogen-bond donors (Lipinski definition) is 0. The van der Waals surface area contributed by atoms with Crippen molar-refractivity contribution >= 4 is 17.6 Å². The van der Waals surface area contributed by atoms with Gasteiger partial charge in [0.15, 0.2) is 5.54 Å². The number of amides is 2. The molecule has 1 unspecified atom stereocenters. The normalized spacial score (nSPS) is 21.7. The molecule has 1 aliphatic heterocycles. The maximum Gasteiger partial charge on any atom is 0.257 e. The Bertz CT molecular complexity index is 422. The van der Waals surface area contributed by atoms with Gasteiger partial charge in [0, 0.05) is 27.1 Å². The molecule has 21 heavy (non-hydrogen) atoms. The molecule has 1 aliphatic rings. The van der Waals surface area contributed by atoms with Gasteiger partial charge in [0.2, 0.25) is 5.91 Å². The maximum atomic E-state index is 12.6. The predicted octanol–water partition coefficient (Wildman–Crippen LogP) is 1.30. The van der Waals surface area contributed by atoms with E-state index in [9.17, 15) is 9.59 Å². The topological polar surface area (TPSA) is 62.2 Å². The highest BCUT2D eigenvalue weighted by Crippen LogP contribution is 2.25. The van der Waals surface area contributed by atoms with E-state index in [1.807, 2.05) is 6.92 Å². The van der Waals surface area contributed by atoms with Crippen LogP contribution in [0.2, 0.25) is 0 Å². The van der Waals surface area contributed by atoms with Crippen molar-refractivity contribution in [2.75, 3.05) is 33.9 Å². The van der Waals surface area contributed by atoms with Crippen molar-refractivity contribution in [3.8, 4) is 0 Å². The fourth-order valence-electron chi connectivity index (χ4n) is 2.54. The van der Waals surface area contributed by atoms with Gasteiger partial charge in [-0.3, -0.25) is 19.5 Å². The second-order valence-electron chi connectivity index (χ2n) is 5.64. The zero-order valence-corrected chi connectivity index (χ0v) is 13.8. The van der Waals surface area contributed by atoms with Crippen LogP contribution in [0.4, 0.5) is 0 Å². The Morgan fingerprint density at radius 3 is 2.62 bits per heavy atom. The fraction of sp³-hybridized carbons (Fsp3) is 0.800. The first kappa shape index (κ1) is 17.6. The van der Waals surface area contributed by atoms with Crippen molar-refractivity contribution in [3.63, 3.8) is 0 Å². The van der Waals surface area contributed by atoms with Crippen LogP contribution in [0.15, 0.2) is 4.99 Å². The van der Waals surface area contributed by atoms with Gasteiger partial charge in [-0.15, -0.1) is 0 Å². The highest BCUT2D eigenvalue weighted by Gasteiger charge is 2.44. The Labute approximate surface area is 127 Å². The van der Waals surface area contributed by atoms with Gasteiger partial charge < -0.3 is 9.64 Å². The molecule has 0 aromatic carbocycles. The number of carbonyl (C=O) groups excluding carboxylic acids is 2. The zero-order valence-electron chi connectivity index (χ0n) is 13.8. The molecule has 120 valence electrons. The molecule has 6 nitrogen and oxygen atoms in total. The molecule has 2 amide bonds. The van der Waals surface area contributed by atoms with E-state index < -0.39 is 5.54 Å². The Morgan fingerprint density at radius 2 is 2.10 bits per heavy atom. The molecule has 0 fully saturated rings. The van der Waals surface area contributed by atoms with Gasteiger partial charge in [0.1, 0.15) is 12.4 Å². The van der Waals surface area contributed by atoms with Crippen LogP contribution in [0.25, 0.3) is 0 Å². The Morgan fingerprint density at radius 1 is 1.43 bits per heavy atom. The molecular formula is C15H27N3O3. The minimum Gasteiger partial charge on any atom is -0.375 e. The summed E-state index contributed by atoms with van der Waals surface area (Å²) < 4.78 is 4.84. The minimum atomic E-state index is -0.878. The summed E-state index contributed by atoms with van der Waals surface area (Å²) in [6, 6.07) is 0. The van der Waals surface area contributed by atoms with Crippen LogP contribution in [-0.4, -0.2) is 66.8 Å². The summed E-state index contributed by atoms with van der Waals surface area (Å²) in [4.78, 5) is 32.3. The highest BCUT2D eigenvalue weighted by atomic mass is 16.5. The van der Waals surface area contributed by atoms with Crippen molar-refractivity contribution in [2.45, 2.75) is 45.6 Å². The van der Waals surface area contributed by atoms with E-state index in [1.54, 1.807) is 18.9 Å². The molecule has 0 bridgehead atoms. The van der Waals surface area contributed by atoms with E-state index in [1.165, 1.54) is 12.0 Å². The molecule has 0 saturated carbocycles. The van der Waals surface area contributed by atoms with Gasteiger partial charge in [-0.05, 0) is 20.3 Å². The molecule has 1 atom stereocenters. The monoisotopic (exact) mass is 297 g/mol. The first-order valence-corrected chi connectivity index (χ1v) is 7.53. The average molecular weight is 297 g/mol. The van der Waals surface area contributed by atoms with Gasteiger partial charge in [-0.2, -0.15) is 0 Å². The van der Waals surface area contributed by atoms with E-state index in [0.717, 1.165) is 25.1 Å². The van der Waals surface area contributed by atoms with Crippen LogP contribution in [0.5, 0.6) is 0 Å². The minimum absolute atomic E-state index is 0.0185. The zero-order chi connectivity index (χ0) is 16.0. The Hall–Kier alpha value is -1.43. The lowest BCUT2D eigenvalue weighted by molar-refractivity contribution is -0.137. The molecular weight excluding hydrogens is 270 g/mol. The summed E-state index contributed by atoms with van der Waals surface area (Å²) in [5.74, 6) is 0.680. The summed E-state index contributed by atoms with van der Waals surface area (Å²) in [6.07, 6.45) is 2.88. The summed E-state index contributed by atoms with van der Waals surface area (Å²) in [5, 5.41) is 0. The number of carbonyl (C=O) groups is 2. The number of hydrogen-bond acceptors (Lipinski definition) is 4. The van der Waals surface area contributed by atoms with E-state index in [-0.39, 0.29) is 25.0 Å². The summed E-state index contributed by atoms with van der Waals surface area (Å²) in [7, 11) is 3.16. The number of ether oxygens (including phenoxy) is 1. The third-order valence-electron chi connectivity index (χ3n) is 3.70. The molecule has 1 rings (SSSR count). The molecule has 0 aromatic rings. The van der Waals surface area contributed by atoms with E-state index in [2.05, 4.69) is 11.9 Å².